The summed E-state index contributed by atoms with van der Waals surface area (Å²) >= 11 is 3.05. The van der Waals surface area contributed by atoms with Gasteiger partial charge in [-0.1, -0.05) is 86.7 Å². The molecule has 0 bridgehead atoms. The Bertz CT molecular complexity index is 1290. The maximum atomic E-state index is 4.61. The van der Waals surface area contributed by atoms with Gasteiger partial charge in [-0.15, -0.1) is 20.5 Å². The van der Waals surface area contributed by atoms with Crippen molar-refractivity contribution >= 4 is 59.4 Å². The van der Waals surface area contributed by atoms with Crippen LogP contribution in [0.2, 0.25) is 0 Å². The molecular weight excluding hydrogens is 521 g/mol. The highest BCUT2D eigenvalue weighted by Gasteiger charge is 2.09. The highest BCUT2D eigenvalue weighted by Crippen LogP contribution is 2.39. The van der Waals surface area contributed by atoms with Crippen LogP contribution in [-0.2, 0) is 6.42 Å². The molecule has 206 valence electrons. The average Bonchev–Trinajstić information content (AvgIpc) is 3.53. The molecule has 0 saturated heterocycles. The molecule has 4 aromatic rings. The van der Waals surface area contributed by atoms with Gasteiger partial charge in [0.1, 0.15) is 9.83 Å². The number of hydrogen-bond acceptors (Lipinski definition) is 8. The smallest absolute Gasteiger partial charge is 0.231 e. The Labute approximate surface area is 240 Å². The molecule has 2 heterocycles. The maximum absolute atomic E-state index is 4.61. The van der Waals surface area contributed by atoms with Crippen LogP contribution in [0.15, 0.2) is 75.1 Å². The fourth-order valence-corrected chi connectivity index (χ4v) is 6.37. The molecule has 0 radical (unpaired) electrons. The Morgan fingerprint density at radius 1 is 0.667 bits per heavy atom. The molecular formula is C31H40N6S2. The van der Waals surface area contributed by atoms with E-state index < -0.39 is 0 Å². The highest BCUT2D eigenvalue weighted by atomic mass is 32.1. The second kappa shape index (κ2) is 15.6. The van der Waals surface area contributed by atoms with Crippen LogP contribution in [0, 0.1) is 0 Å². The Kier molecular flexibility index (Phi) is 11.6. The molecule has 2 aromatic carbocycles. The van der Waals surface area contributed by atoms with E-state index in [9.17, 15) is 0 Å². The van der Waals surface area contributed by atoms with E-state index in [0.29, 0.717) is 5.13 Å². The molecule has 0 atom stereocenters. The van der Waals surface area contributed by atoms with Gasteiger partial charge in [0.15, 0.2) is 0 Å². The highest BCUT2D eigenvalue weighted by molar-refractivity contribution is 7.30. The van der Waals surface area contributed by atoms with E-state index in [2.05, 4.69) is 87.5 Å². The first-order valence-corrected chi connectivity index (χ1v) is 16.0. The summed E-state index contributed by atoms with van der Waals surface area (Å²) in [4.78, 5) is 7.84. The summed E-state index contributed by atoms with van der Waals surface area (Å²) < 4.78 is 1.06. The molecule has 0 aliphatic rings. The first-order chi connectivity index (χ1) is 19.2. The van der Waals surface area contributed by atoms with E-state index in [-0.39, 0.29) is 0 Å². The van der Waals surface area contributed by atoms with Crippen molar-refractivity contribution in [3.63, 3.8) is 0 Å². The van der Waals surface area contributed by atoms with Gasteiger partial charge < -0.3 is 4.90 Å². The lowest BCUT2D eigenvalue weighted by Gasteiger charge is -2.20. The third-order valence-electron chi connectivity index (χ3n) is 6.81. The minimum atomic E-state index is 0.652. The molecule has 39 heavy (non-hydrogen) atoms. The largest absolute Gasteiger partial charge is 0.372 e. The van der Waals surface area contributed by atoms with E-state index in [1.165, 1.54) is 85.3 Å². The third kappa shape index (κ3) is 9.04. The number of hydrogen-bond donors (Lipinski definition) is 0. The SMILES string of the molecule is CCCCCCCCCCc1ccc(N=Nc2cc3sc(N=Nc4ccc(N(CC)CC)cc4)nc3s2)cc1. The van der Waals surface area contributed by atoms with Crippen LogP contribution in [0.4, 0.5) is 27.2 Å². The van der Waals surface area contributed by atoms with Crippen molar-refractivity contribution in [1.82, 2.24) is 4.98 Å². The second-order valence-electron chi connectivity index (χ2n) is 9.73. The molecule has 0 unspecified atom stereocenters. The van der Waals surface area contributed by atoms with Crippen LogP contribution in [0.3, 0.4) is 0 Å². The van der Waals surface area contributed by atoms with Crippen LogP contribution in [-0.4, -0.2) is 18.1 Å². The van der Waals surface area contributed by atoms with E-state index in [4.69, 9.17) is 0 Å². The Hall–Kier alpha value is -2.97. The quantitative estimate of drug-likeness (QED) is 0.101. The summed E-state index contributed by atoms with van der Waals surface area (Å²) in [7, 11) is 0. The van der Waals surface area contributed by atoms with Gasteiger partial charge in [-0.25, -0.2) is 4.98 Å². The number of anilines is 1. The zero-order valence-electron chi connectivity index (χ0n) is 23.5. The first-order valence-electron chi connectivity index (χ1n) is 14.4. The first kappa shape index (κ1) is 29.0. The van der Waals surface area contributed by atoms with E-state index in [0.717, 1.165) is 45.4 Å². The standard InChI is InChI=1S/C31H40N6S2/c1-4-7-8-9-10-11-12-13-14-24-15-17-25(18-16-24)33-35-29-23-28-30(39-29)32-31(38-28)36-34-26-19-21-27(22-20-26)37(5-2)6-3/h15-23H,4-14H2,1-3H3. The number of fused-ring (bicyclic) bond motifs is 1. The molecule has 0 N–H and O–H groups in total. The number of aromatic nitrogens is 1. The zero-order valence-corrected chi connectivity index (χ0v) is 25.1. The van der Waals surface area contributed by atoms with Crippen molar-refractivity contribution in [3.8, 4) is 0 Å². The molecule has 0 aliphatic heterocycles. The summed E-state index contributed by atoms with van der Waals surface area (Å²) in [6.45, 7) is 8.57. The van der Waals surface area contributed by atoms with Crippen molar-refractivity contribution in [2.45, 2.75) is 78.6 Å². The summed E-state index contributed by atoms with van der Waals surface area (Å²) in [5, 5.41) is 19.1. The lowest BCUT2D eigenvalue weighted by Crippen LogP contribution is -2.21. The molecule has 0 spiro atoms. The van der Waals surface area contributed by atoms with Gasteiger partial charge in [-0.05, 0) is 74.7 Å². The van der Waals surface area contributed by atoms with E-state index in [1.807, 2.05) is 18.2 Å². The molecule has 4 rings (SSSR count). The van der Waals surface area contributed by atoms with Crippen LogP contribution in [0.1, 0.15) is 77.7 Å². The fraction of sp³-hybridized carbons (Fsp3) is 0.452. The predicted molar refractivity (Wildman–Crippen MR) is 169 cm³/mol. The Balaban J connectivity index is 1.24. The van der Waals surface area contributed by atoms with Crippen molar-refractivity contribution in [1.29, 1.82) is 0 Å². The van der Waals surface area contributed by atoms with Crippen LogP contribution >= 0.6 is 22.7 Å². The Morgan fingerprint density at radius 3 is 1.92 bits per heavy atom. The van der Waals surface area contributed by atoms with Crippen molar-refractivity contribution in [3.05, 3.63) is 60.2 Å². The van der Waals surface area contributed by atoms with Gasteiger partial charge >= 0.3 is 0 Å². The summed E-state index contributed by atoms with van der Waals surface area (Å²) in [5.41, 5.74) is 4.27. The summed E-state index contributed by atoms with van der Waals surface area (Å²) in [6, 6.07) is 18.7. The minimum Gasteiger partial charge on any atom is -0.372 e. The summed E-state index contributed by atoms with van der Waals surface area (Å²) in [5.74, 6) is 0. The molecule has 0 amide bonds. The Morgan fingerprint density at radius 2 is 1.28 bits per heavy atom. The molecule has 0 fully saturated rings. The van der Waals surface area contributed by atoms with Crippen LogP contribution in [0.25, 0.3) is 9.53 Å². The summed E-state index contributed by atoms with van der Waals surface area (Å²) in [6.07, 6.45) is 12.0. The van der Waals surface area contributed by atoms with Crippen molar-refractivity contribution in [2.75, 3.05) is 18.0 Å². The van der Waals surface area contributed by atoms with Gasteiger partial charge in [0, 0.05) is 18.8 Å². The predicted octanol–water partition coefficient (Wildman–Crippen LogP) is 11.7. The molecule has 2 aromatic heterocycles. The van der Waals surface area contributed by atoms with Gasteiger partial charge in [0.05, 0.1) is 16.1 Å². The van der Waals surface area contributed by atoms with Crippen molar-refractivity contribution < 1.29 is 0 Å². The van der Waals surface area contributed by atoms with E-state index >= 15 is 0 Å². The third-order valence-corrected chi connectivity index (χ3v) is 8.74. The normalized spacial score (nSPS) is 11.9. The van der Waals surface area contributed by atoms with Crippen LogP contribution in [0.5, 0.6) is 0 Å². The van der Waals surface area contributed by atoms with Gasteiger partial charge in [0.2, 0.25) is 5.13 Å². The number of unbranched alkanes of at least 4 members (excludes halogenated alkanes) is 7. The number of rotatable bonds is 16. The lowest BCUT2D eigenvalue weighted by molar-refractivity contribution is 0.575. The lowest BCUT2D eigenvalue weighted by atomic mass is 10.0. The molecule has 0 aliphatic carbocycles. The number of benzene rings is 2. The zero-order chi connectivity index (χ0) is 27.3. The second-order valence-corrected chi connectivity index (χ2v) is 11.7. The molecule has 8 heteroatoms. The van der Waals surface area contributed by atoms with Gasteiger partial charge in [-0.2, -0.15) is 0 Å². The molecule has 0 saturated carbocycles. The number of azo groups is 2. The topological polar surface area (TPSA) is 65.6 Å². The minimum absolute atomic E-state index is 0.652. The van der Waals surface area contributed by atoms with Gasteiger partial charge in [-0.3, -0.25) is 0 Å². The average molecular weight is 561 g/mol. The number of aryl methyl sites for hydroxylation is 1. The van der Waals surface area contributed by atoms with Crippen LogP contribution < -0.4 is 4.90 Å². The number of nitrogens with zero attached hydrogens (tertiary/aromatic N) is 6. The monoisotopic (exact) mass is 560 g/mol. The fourth-order valence-electron chi connectivity index (χ4n) is 4.52. The maximum Gasteiger partial charge on any atom is 0.231 e. The van der Waals surface area contributed by atoms with E-state index in [1.54, 1.807) is 0 Å². The molecule has 6 nitrogen and oxygen atoms in total. The van der Waals surface area contributed by atoms with Crippen molar-refractivity contribution in [2.24, 2.45) is 20.5 Å². The van der Waals surface area contributed by atoms with Gasteiger partial charge in [0.25, 0.3) is 0 Å². The number of thiophene rings is 1. The number of thiazole rings is 1.